The van der Waals surface area contributed by atoms with Crippen LogP contribution in [0.2, 0.25) is 0 Å². The fourth-order valence-electron chi connectivity index (χ4n) is 2.25. The summed E-state index contributed by atoms with van der Waals surface area (Å²) in [5.41, 5.74) is 3.73. The van der Waals surface area contributed by atoms with E-state index in [0.29, 0.717) is 0 Å². The summed E-state index contributed by atoms with van der Waals surface area (Å²) in [6.07, 6.45) is 3.03. The van der Waals surface area contributed by atoms with Crippen LogP contribution in [0.25, 0.3) is 0 Å². The van der Waals surface area contributed by atoms with Crippen LogP contribution in [-0.4, -0.2) is 21.5 Å². The third-order valence-corrected chi connectivity index (χ3v) is 3.60. The van der Waals surface area contributed by atoms with Gasteiger partial charge in [-0.2, -0.15) is 0 Å². The van der Waals surface area contributed by atoms with Gasteiger partial charge in [0.05, 0.1) is 0 Å². The minimum atomic E-state index is 0.799. The number of para-hydroxylation sites is 1. The van der Waals surface area contributed by atoms with Crippen LogP contribution in [0.3, 0.4) is 0 Å². The van der Waals surface area contributed by atoms with Crippen molar-refractivity contribution >= 4 is 23.0 Å². The van der Waals surface area contributed by atoms with E-state index in [1.165, 1.54) is 11.3 Å². The molecule has 1 aromatic carbocycles. The first-order chi connectivity index (χ1) is 8.83. The average Bonchev–Trinajstić information content (AvgIpc) is 2.87. The average molecular weight is 257 g/mol. The van der Waals surface area contributed by atoms with Gasteiger partial charge >= 0.3 is 0 Å². The molecule has 0 atom stereocenters. The minimum Gasteiger partial charge on any atom is -0.365 e. The van der Waals surface area contributed by atoms with Gasteiger partial charge < -0.3 is 15.2 Å². The van der Waals surface area contributed by atoms with Gasteiger partial charge in [-0.25, -0.2) is 0 Å². The second kappa shape index (κ2) is 4.82. The van der Waals surface area contributed by atoms with E-state index in [1.807, 2.05) is 36.5 Å². The van der Waals surface area contributed by atoms with Crippen molar-refractivity contribution in [2.75, 3.05) is 11.9 Å². The number of hydrogen-bond acceptors (Lipinski definition) is 1. The van der Waals surface area contributed by atoms with Crippen LogP contribution >= 0.6 is 12.2 Å². The standard InChI is InChI=1S/C14H15N3S/c18-14(16-12-4-2-1-3-5-12)17-9-7-13-11(10-17)6-8-15-13/h1-6,8,15H,7,9-10H2,(H,16,18). The molecule has 2 N–H and O–H groups in total. The Bertz CT molecular complexity index is 547. The molecular formula is C14H15N3S. The zero-order valence-electron chi connectivity index (χ0n) is 10.0. The van der Waals surface area contributed by atoms with Gasteiger partial charge in [0, 0.05) is 37.1 Å². The predicted molar refractivity (Wildman–Crippen MR) is 77.6 cm³/mol. The van der Waals surface area contributed by atoms with Crippen LogP contribution in [0, 0.1) is 0 Å². The van der Waals surface area contributed by atoms with E-state index in [-0.39, 0.29) is 0 Å². The van der Waals surface area contributed by atoms with Gasteiger partial charge in [-0.15, -0.1) is 0 Å². The molecule has 0 radical (unpaired) electrons. The summed E-state index contributed by atoms with van der Waals surface area (Å²) in [6, 6.07) is 12.2. The highest BCUT2D eigenvalue weighted by Crippen LogP contribution is 2.18. The summed E-state index contributed by atoms with van der Waals surface area (Å²) in [5.74, 6) is 0. The fraction of sp³-hybridized carbons (Fsp3) is 0.214. The molecule has 0 saturated carbocycles. The maximum atomic E-state index is 5.46. The zero-order chi connectivity index (χ0) is 12.4. The summed E-state index contributed by atoms with van der Waals surface area (Å²) in [7, 11) is 0. The Kier molecular flexibility index (Phi) is 3.02. The van der Waals surface area contributed by atoms with Crippen molar-refractivity contribution in [3.05, 3.63) is 53.9 Å². The van der Waals surface area contributed by atoms with Crippen LogP contribution in [-0.2, 0) is 13.0 Å². The van der Waals surface area contributed by atoms with Crippen molar-refractivity contribution in [3.63, 3.8) is 0 Å². The molecular weight excluding hydrogens is 242 g/mol. The number of anilines is 1. The maximum Gasteiger partial charge on any atom is 0.173 e. The first-order valence-electron chi connectivity index (χ1n) is 6.09. The lowest BCUT2D eigenvalue weighted by atomic mass is 10.1. The smallest absolute Gasteiger partial charge is 0.173 e. The molecule has 1 aliphatic rings. The minimum absolute atomic E-state index is 0.799. The van der Waals surface area contributed by atoms with Gasteiger partial charge in [-0.05, 0) is 36.0 Å². The molecule has 92 valence electrons. The van der Waals surface area contributed by atoms with Gasteiger partial charge in [-0.3, -0.25) is 0 Å². The first kappa shape index (κ1) is 11.3. The number of rotatable bonds is 1. The Hall–Kier alpha value is -1.81. The third kappa shape index (κ3) is 2.24. The lowest BCUT2D eigenvalue weighted by Gasteiger charge is -2.29. The Labute approximate surface area is 112 Å². The number of H-pyrrole nitrogens is 1. The van der Waals surface area contributed by atoms with E-state index in [0.717, 1.165) is 30.3 Å². The number of aromatic nitrogens is 1. The number of nitrogens with one attached hydrogen (secondary N) is 2. The Balaban J connectivity index is 1.68. The number of fused-ring (bicyclic) bond motifs is 1. The lowest BCUT2D eigenvalue weighted by Crippen LogP contribution is -2.38. The van der Waals surface area contributed by atoms with E-state index < -0.39 is 0 Å². The molecule has 3 rings (SSSR count). The molecule has 2 aromatic rings. The van der Waals surface area contributed by atoms with Crippen LogP contribution < -0.4 is 5.32 Å². The van der Waals surface area contributed by atoms with Gasteiger partial charge in [0.15, 0.2) is 5.11 Å². The van der Waals surface area contributed by atoms with E-state index in [4.69, 9.17) is 12.2 Å². The molecule has 0 aliphatic carbocycles. The molecule has 0 bridgehead atoms. The molecule has 0 unspecified atom stereocenters. The zero-order valence-corrected chi connectivity index (χ0v) is 10.8. The summed E-state index contributed by atoms with van der Waals surface area (Å²) < 4.78 is 0. The van der Waals surface area contributed by atoms with E-state index in [2.05, 4.69) is 21.3 Å². The van der Waals surface area contributed by atoms with Crippen molar-refractivity contribution in [1.82, 2.24) is 9.88 Å². The molecule has 1 aliphatic heterocycles. The number of nitrogens with zero attached hydrogens (tertiary/aromatic N) is 1. The summed E-state index contributed by atoms with van der Waals surface area (Å²) >= 11 is 5.46. The van der Waals surface area contributed by atoms with Crippen molar-refractivity contribution in [1.29, 1.82) is 0 Å². The SMILES string of the molecule is S=C(Nc1ccccc1)N1CCc2[nH]ccc2C1. The molecule has 1 aromatic heterocycles. The molecule has 0 fully saturated rings. The third-order valence-electron chi connectivity index (χ3n) is 3.23. The summed E-state index contributed by atoms with van der Waals surface area (Å²) in [5, 5.41) is 4.08. The van der Waals surface area contributed by atoms with Crippen molar-refractivity contribution in [2.45, 2.75) is 13.0 Å². The topological polar surface area (TPSA) is 31.1 Å². The van der Waals surface area contributed by atoms with Crippen LogP contribution in [0.15, 0.2) is 42.6 Å². The Morgan fingerprint density at radius 2 is 2.06 bits per heavy atom. The van der Waals surface area contributed by atoms with Crippen molar-refractivity contribution in [3.8, 4) is 0 Å². The second-order valence-corrected chi connectivity index (χ2v) is 4.84. The lowest BCUT2D eigenvalue weighted by molar-refractivity contribution is 0.398. The Morgan fingerprint density at radius 3 is 2.89 bits per heavy atom. The molecule has 0 amide bonds. The predicted octanol–water partition coefficient (Wildman–Crippen LogP) is 2.77. The van der Waals surface area contributed by atoms with Crippen molar-refractivity contribution in [2.24, 2.45) is 0 Å². The monoisotopic (exact) mass is 257 g/mol. The number of benzene rings is 1. The maximum absolute atomic E-state index is 5.46. The number of hydrogen-bond donors (Lipinski definition) is 2. The van der Waals surface area contributed by atoms with Crippen LogP contribution in [0.4, 0.5) is 5.69 Å². The highest BCUT2D eigenvalue weighted by molar-refractivity contribution is 7.80. The van der Waals surface area contributed by atoms with Crippen LogP contribution in [0.1, 0.15) is 11.3 Å². The van der Waals surface area contributed by atoms with E-state index >= 15 is 0 Å². The van der Waals surface area contributed by atoms with E-state index in [9.17, 15) is 0 Å². The largest absolute Gasteiger partial charge is 0.365 e. The quantitative estimate of drug-likeness (QED) is 0.770. The van der Waals surface area contributed by atoms with Gasteiger partial charge in [0.25, 0.3) is 0 Å². The molecule has 2 heterocycles. The molecule has 0 saturated heterocycles. The molecule has 4 heteroatoms. The van der Waals surface area contributed by atoms with Gasteiger partial charge in [0.2, 0.25) is 0 Å². The summed E-state index contributed by atoms with van der Waals surface area (Å²) in [6.45, 7) is 1.85. The first-order valence-corrected chi connectivity index (χ1v) is 6.50. The van der Waals surface area contributed by atoms with E-state index in [1.54, 1.807) is 0 Å². The molecule has 3 nitrogen and oxygen atoms in total. The number of aromatic amines is 1. The highest BCUT2D eigenvalue weighted by atomic mass is 32.1. The van der Waals surface area contributed by atoms with Gasteiger partial charge in [-0.1, -0.05) is 18.2 Å². The fourth-order valence-corrected chi connectivity index (χ4v) is 2.52. The second-order valence-electron chi connectivity index (χ2n) is 4.45. The molecule has 18 heavy (non-hydrogen) atoms. The number of thiocarbonyl (C=S) groups is 1. The highest BCUT2D eigenvalue weighted by Gasteiger charge is 2.18. The van der Waals surface area contributed by atoms with Gasteiger partial charge in [0.1, 0.15) is 0 Å². The molecule has 0 spiro atoms. The van der Waals surface area contributed by atoms with Crippen molar-refractivity contribution < 1.29 is 0 Å². The summed E-state index contributed by atoms with van der Waals surface area (Å²) in [4.78, 5) is 5.48. The van der Waals surface area contributed by atoms with Crippen LogP contribution in [0.5, 0.6) is 0 Å². The Morgan fingerprint density at radius 1 is 1.22 bits per heavy atom. The normalized spacial score (nSPS) is 14.1.